The van der Waals surface area contributed by atoms with Crippen LogP contribution in [-0.4, -0.2) is 5.78 Å². The number of nitriles is 2. The maximum Gasteiger partial charge on any atom is 0.194 e. The normalized spacial score (nSPS) is 13.9. The molecule has 4 rings (SSSR count). The molecule has 1 aliphatic carbocycles. The van der Waals surface area contributed by atoms with E-state index in [1.807, 2.05) is 36.4 Å². The van der Waals surface area contributed by atoms with Gasteiger partial charge in [0.05, 0.1) is 0 Å². The first-order valence-corrected chi connectivity index (χ1v) is 9.51. The Kier molecular flexibility index (Phi) is 4.49. The van der Waals surface area contributed by atoms with Gasteiger partial charge in [0, 0.05) is 26.5 Å². The van der Waals surface area contributed by atoms with Crippen molar-refractivity contribution >= 4 is 28.8 Å². The Morgan fingerprint density at radius 3 is 2.43 bits per heavy atom. The second-order valence-electron chi connectivity index (χ2n) is 6.48. The number of allylic oxidation sites excluding steroid dienone is 3. The van der Waals surface area contributed by atoms with E-state index in [2.05, 4.69) is 25.1 Å². The zero-order chi connectivity index (χ0) is 19.7. The third-order valence-corrected chi connectivity index (χ3v) is 5.73. The summed E-state index contributed by atoms with van der Waals surface area (Å²) in [5.41, 5.74) is 4.27. The number of hydrogen-bond donors (Lipinski definition) is 0. The number of carbonyl (C=O) groups is 1. The largest absolute Gasteiger partial charge is 0.289 e. The van der Waals surface area contributed by atoms with E-state index in [-0.39, 0.29) is 11.4 Å². The molecule has 0 atom stereocenters. The van der Waals surface area contributed by atoms with Crippen molar-refractivity contribution in [3.05, 3.63) is 93.4 Å². The zero-order valence-corrected chi connectivity index (χ0v) is 15.9. The van der Waals surface area contributed by atoms with Crippen molar-refractivity contribution in [1.82, 2.24) is 0 Å². The van der Waals surface area contributed by atoms with Crippen LogP contribution in [0.3, 0.4) is 0 Å². The number of hydrogen-bond acceptors (Lipinski definition) is 4. The summed E-state index contributed by atoms with van der Waals surface area (Å²) in [5, 5.41) is 18.8. The number of fused-ring (bicyclic) bond motifs is 1. The van der Waals surface area contributed by atoms with Crippen LogP contribution < -0.4 is 0 Å². The van der Waals surface area contributed by atoms with Gasteiger partial charge in [-0.1, -0.05) is 54.1 Å². The lowest BCUT2D eigenvalue weighted by Crippen LogP contribution is -1.95. The van der Waals surface area contributed by atoms with Crippen LogP contribution in [0, 0.1) is 29.6 Å². The van der Waals surface area contributed by atoms with E-state index in [0.717, 1.165) is 15.3 Å². The molecule has 0 saturated heterocycles. The molecule has 0 unspecified atom stereocenters. The molecule has 4 heteroatoms. The highest BCUT2D eigenvalue weighted by atomic mass is 32.1. The SMILES string of the molecule is Cc1cccc(-c2ccc(/C=C3\C(=O)c4ccccc4C3=C(C#N)C#N)s2)c1. The predicted octanol–water partition coefficient (Wildman–Crippen LogP) is 5.80. The van der Waals surface area contributed by atoms with Crippen LogP contribution in [0.5, 0.6) is 0 Å². The second-order valence-corrected chi connectivity index (χ2v) is 7.59. The molecule has 132 valence electrons. The topological polar surface area (TPSA) is 64.7 Å². The van der Waals surface area contributed by atoms with Gasteiger partial charge in [0.2, 0.25) is 0 Å². The van der Waals surface area contributed by atoms with Crippen LogP contribution in [0.15, 0.2) is 71.8 Å². The van der Waals surface area contributed by atoms with Gasteiger partial charge in [-0.2, -0.15) is 10.5 Å². The fraction of sp³-hybridized carbons (Fsp3) is 0.0417. The molecule has 3 aromatic rings. The molecule has 0 saturated carbocycles. The van der Waals surface area contributed by atoms with Crippen molar-refractivity contribution in [2.45, 2.75) is 6.92 Å². The molecule has 0 spiro atoms. The molecular formula is C24H14N2OS. The Morgan fingerprint density at radius 2 is 1.71 bits per heavy atom. The summed E-state index contributed by atoms with van der Waals surface area (Å²) in [6, 6.07) is 23.2. The van der Waals surface area contributed by atoms with Gasteiger partial charge in [-0.15, -0.1) is 11.3 Å². The fourth-order valence-electron chi connectivity index (χ4n) is 3.37. The first kappa shape index (κ1) is 17.7. The minimum absolute atomic E-state index is 0.0417. The van der Waals surface area contributed by atoms with Crippen LogP contribution in [0.1, 0.15) is 26.4 Å². The van der Waals surface area contributed by atoms with Gasteiger partial charge in [0.25, 0.3) is 0 Å². The first-order valence-electron chi connectivity index (χ1n) is 8.70. The molecule has 3 nitrogen and oxygen atoms in total. The highest BCUT2D eigenvalue weighted by molar-refractivity contribution is 7.16. The smallest absolute Gasteiger partial charge is 0.194 e. The molecule has 2 aromatic carbocycles. The number of Topliss-reactive ketones (excluding diaryl/α,β-unsaturated/α-hetero) is 1. The average molecular weight is 378 g/mol. The number of rotatable bonds is 2. The van der Waals surface area contributed by atoms with E-state index >= 15 is 0 Å². The third kappa shape index (κ3) is 2.97. The molecule has 1 heterocycles. The summed E-state index contributed by atoms with van der Waals surface area (Å²) in [5.74, 6) is -0.154. The summed E-state index contributed by atoms with van der Waals surface area (Å²) in [6.07, 6.45) is 1.79. The molecule has 0 radical (unpaired) electrons. The van der Waals surface area contributed by atoms with Gasteiger partial charge in [-0.05, 0) is 36.3 Å². The van der Waals surface area contributed by atoms with E-state index in [0.29, 0.717) is 22.3 Å². The summed E-state index contributed by atoms with van der Waals surface area (Å²) in [4.78, 5) is 15.0. The Balaban J connectivity index is 1.84. The van der Waals surface area contributed by atoms with Crippen LogP contribution >= 0.6 is 11.3 Å². The molecule has 28 heavy (non-hydrogen) atoms. The number of benzene rings is 2. The van der Waals surface area contributed by atoms with Crippen molar-refractivity contribution in [2.24, 2.45) is 0 Å². The van der Waals surface area contributed by atoms with Gasteiger partial charge >= 0.3 is 0 Å². The lowest BCUT2D eigenvalue weighted by molar-refractivity contribution is 0.104. The van der Waals surface area contributed by atoms with E-state index in [4.69, 9.17) is 0 Å². The summed E-state index contributed by atoms with van der Waals surface area (Å²) >= 11 is 1.57. The number of thiophene rings is 1. The summed E-state index contributed by atoms with van der Waals surface area (Å²) < 4.78 is 0. The molecule has 1 aliphatic rings. The van der Waals surface area contributed by atoms with Crippen molar-refractivity contribution in [1.29, 1.82) is 10.5 Å². The monoisotopic (exact) mass is 378 g/mol. The van der Waals surface area contributed by atoms with Gasteiger partial charge in [-0.25, -0.2) is 0 Å². The van der Waals surface area contributed by atoms with Crippen LogP contribution in [0.25, 0.3) is 22.1 Å². The first-order chi connectivity index (χ1) is 13.6. The standard InChI is InChI=1S/C24H14N2OS/c1-15-5-4-6-16(11-15)22-10-9-18(28-22)12-21-23(17(13-25)14-26)19-7-2-3-8-20(19)24(21)27/h2-12H,1H3/b21-12-. The minimum atomic E-state index is -0.154. The minimum Gasteiger partial charge on any atom is -0.289 e. The molecular weight excluding hydrogens is 364 g/mol. The van der Waals surface area contributed by atoms with E-state index in [9.17, 15) is 15.3 Å². The zero-order valence-electron chi connectivity index (χ0n) is 15.1. The highest BCUT2D eigenvalue weighted by Crippen LogP contribution is 2.40. The number of ketones is 1. The Morgan fingerprint density at radius 1 is 0.964 bits per heavy atom. The van der Waals surface area contributed by atoms with Crippen molar-refractivity contribution in [3.63, 3.8) is 0 Å². The van der Waals surface area contributed by atoms with Crippen molar-refractivity contribution < 1.29 is 4.79 Å². The maximum atomic E-state index is 13.0. The highest BCUT2D eigenvalue weighted by Gasteiger charge is 2.32. The Hall–Kier alpha value is -3.73. The van der Waals surface area contributed by atoms with Gasteiger partial charge < -0.3 is 0 Å². The maximum absolute atomic E-state index is 13.0. The molecule has 0 amide bonds. The molecule has 0 N–H and O–H groups in total. The van der Waals surface area contributed by atoms with E-state index < -0.39 is 0 Å². The van der Waals surface area contributed by atoms with E-state index in [1.54, 1.807) is 35.6 Å². The van der Waals surface area contributed by atoms with Gasteiger partial charge in [-0.3, -0.25) is 4.79 Å². The predicted molar refractivity (Wildman–Crippen MR) is 111 cm³/mol. The van der Waals surface area contributed by atoms with Gasteiger partial charge in [0.15, 0.2) is 5.78 Å². The van der Waals surface area contributed by atoms with Crippen molar-refractivity contribution in [3.8, 4) is 22.6 Å². The van der Waals surface area contributed by atoms with Crippen molar-refractivity contribution in [2.75, 3.05) is 0 Å². The lowest BCUT2D eigenvalue weighted by atomic mass is 9.99. The molecule has 0 bridgehead atoms. The fourth-order valence-corrected chi connectivity index (χ4v) is 4.32. The lowest BCUT2D eigenvalue weighted by Gasteiger charge is -2.01. The van der Waals surface area contributed by atoms with Crippen LogP contribution in [0.2, 0.25) is 0 Å². The number of nitrogens with zero attached hydrogens (tertiary/aromatic N) is 2. The van der Waals surface area contributed by atoms with Crippen LogP contribution in [0.4, 0.5) is 0 Å². The van der Waals surface area contributed by atoms with Crippen LogP contribution in [-0.2, 0) is 0 Å². The Labute approximate surface area is 167 Å². The summed E-state index contributed by atoms with van der Waals surface area (Å²) in [7, 11) is 0. The number of aryl methyl sites for hydroxylation is 1. The average Bonchev–Trinajstić information content (AvgIpc) is 3.28. The number of carbonyl (C=O) groups excluding carboxylic acids is 1. The summed E-state index contributed by atoms with van der Waals surface area (Å²) in [6.45, 7) is 2.05. The quantitative estimate of drug-likeness (QED) is 0.418. The van der Waals surface area contributed by atoms with E-state index in [1.165, 1.54) is 5.56 Å². The molecule has 1 aromatic heterocycles. The molecule has 0 fully saturated rings. The van der Waals surface area contributed by atoms with Gasteiger partial charge in [0.1, 0.15) is 17.7 Å². The third-order valence-electron chi connectivity index (χ3n) is 4.64. The Bertz CT molecular complexity index is 1250. The second kappa shape index (κ2) is 7.12. The molecule has 0 aliphatic heterocycles.